The number of fused-ring (bicyclic) bond motifs is 1. The van der Waals surface area contributed by atoms with E-state index < -0.39 is 0 Å². The molecule has 0 amide bonds. The summed E-state index contributed by atoms with van der Waals surface area (Å²) in [5.74, 6) is 0. The van der Waals surface area contributed by atoms with Crippen molar-refractivity contribution in [3.8, 4) is 0 Å². The molecule has 2 rings (SSSR count). The average molecular weight is 186 g/mol. The maximum atomic E-state index is 5.06. The Bertz CT molecular complexity index is 420. The van der Waals surface area contributed by atoms with E-state index in [4.69, 9.17) is 4.74 Å². The molecular formula is C13H14O. The van der Waals surface area contributed by atoms with Crippen molar-refractivity contribution in [1.82, 2.24) is 0 Å². The zero-order chi connectivity index (χ0) is 9.80. The van der Waals surface area contributed by atoms with Crippen molar-refractivity contribution in [1.29, 1.82) is 0 Å². The van der Waals surface area contributed by atoms with Crippen LogP contribution in [0.4, 0.5) is 0 Å². The Morgan fingerprint density at radius 1 is 1.00 bits per heavy atom. The van der Waals surface area contributed by atoms with Gasteiger partial charge in [-0.2, -0.15) is 0 Å². The van der Waals surface area contributed by atoms with Gasteiger partial charge >= 0.3 is 0 Å². The van der Waals surface area contributed by atoms with Crippen LogP contribution in [0.5, 0.6) is 0 Å². The third kappa shape index (κ3) is 1.94. The lowest BCUT2D eigenvalue weighted by molar-refractivity contribution is 0.202. The van der Waals surface area contributed by atoms with Crippen LogP contribution in [0.2, 0.25) is 0 Å². The van der Waals surface area contributed by atoms with Crippen LogP contribution in [0.3, 0.4) is 0 Å². The van der Waals surface area contributed by atoms with Crippen LogP contribution in [0.1, 0.15) is 5.56 Å². The van der Waals surface area contributed by atoms with Crippen LogP contribution in [0.15, 0.2) is 42.5 Å². The lowest BCUT2D eigenvalue weighted by atomic mass is 10.1. The van der Waals surface area contributed by atoms with E-state index in [1.807, 2.05) is 0 Å². The summed E-state index contributed by atoms with van der Waals surface area (Å²) < 4.78 is 5.06. The molecule has 0 N–H and O–H groups in total. The fourth-order valence-corrected chi connectivity index (χ4v) is 1.61. The molecule has 0 saturated heterocycles. The number of methoxy groups -OCH3 is 1. The SMILES string of the molecule is COCCc1ccc2ccccc2c1. The van der Waals surface area contributed by atoms with Crippen LogP contribution in [-0.4, -0.2) is 13.7 Å². The van der Waals surface area contributed by atoms with Gasteiger partial charge in [-0.1, -0.05) is 42.5 Å². The molecule has 0 aliphatic rings. The van der Waals surface area contributed by atoms with Gasteiger partial charge in [0.15, 0.2) is 0 Å². The Morgan fingerprint density at radius 2 is 1.79 bits per heavy atom. The molecule has 0 radical (unpaired) electrons. The molecule has 1 heteroatoms. The second kappa shape index (κ2) is 4.25. The first-order chi connectivity index (χ1) is 6.90. The number of hydrogen-bond acceptors (Lipinski definition) is 1. The molecule has 1 nitrogen and oxygen atoms in total. The van der Waals surface area contributed by atoms with E-state index in [2.05, 4.69) is 42.5 Å². The molecule has 0 aliphatic heterocycles. The van der Waals surface area contributed by atoms with E-state index in [9.17, 15) is 0 Å². The van der Waals surface area contributed by atoms with E-state index in [-0.39, 0.29) is 0 Å². The van der Waals surface area contributed by atoms with Gasteiger partial charge in [0.2, 0.25) is 0 Å². The Balaban J connectivity index is 2.32. The minimum atomic E-state index is 0.790. The zero-order valence-corrected chi connectivity index (χ0v) is 8.36. The predicted molar refractivity (Wildman–Crippen MR) is 59.5 cm³/mol. The number of benzene rings is 2. The van der Waals surface area contributed by atoms with E-state index >= 15 is 0 Å². The molecule has 72 valence electrons. The molecule has 2 aromatic carbocycles. The third-order valence-electron chi connectivity index (χ3n) is 2.41. The molecule has 0 bridgehead atoms. The summed E-state index contributed by atoms with van der Waals surface area (Å²) in [5.41, 5.74) is 1.34. The van der Waals surface area contributed by atoms with Crippen LogP contribution >= 0.6 is 0 Å². The minimum absolute atomic E-state index is 0.790. The normalized spacial score (nSPS) is 10.6. The van der Waals surface area contributed by atoms with Gasteiger partial charge in [-0.05, 0) is 22.8 Å². The Kier molecular flexibility index (Phi) is 2.80. The summed E-state index contributed by atoms with van der Waals surface area (Å²) in [6.07, 6.45) is 0.987. The van der Waals surface area contributed by atoms with Crippen molar-refractivity contribution in [3.05, 3.63) is 48.0 Å². The van der Waals surface area contributed by atoms with Crippen molar-refractivity contribution in [2.24, 2.45) is 0 Å². The lowest BCUT2D eigenvalue weighted by Crippen LogP contribution is -1.93. The zero-order valence-electron chi connectivity index (χ0n) is 8.36. The fraction of sp³-hybridized carbons (Fsp3) is 0.231. The summed E-state index contributed by atoms with van der Waals surface area (Å²) in [7, 11) is 1.74. The topological polar surface area (TPSA) is 9.23 Å². The minimum Gasteiger partial charge on any atom is -0.384 e. The van der Waals surface area contributed by atoms with E-state index in [0.29, 0.717) is 0 Å². The van der Waals surface area contributed by atoms with Gasteiger partial charge < -0.3 is 4.74 Å². The molecule has 0 aromatic heterocycles. The largest absolute Gasteiger partial charge is 0.384 e. The van der Waals surface area contributed by atoms with Crippen LogP contribution in [0.25, 0.3) is 10.8 Å². The lowest BCUT2D eigenvalue weighted by Gasteiger charge is -2.02. The van der Waals surface area contributed by atoms with E-state index in [1.54, 1.807) is 7.11 Å². The van der Waals surface area contributed by atoms with Gasteiger partial charge in [0.05, 0.1) is 6.61 Å². The Labute approximate surface area is 84.3 Å². The number of hydrogen-bond donors (Lipinski definition) is 0. The molecule has 0 unspecified atom stereocenters. The first-order valence-corrected chi connectivity index (χ1v) is 4.87. The molecule has 2 aromatic rings. The van der Waals surface area contributed by atoms with Crippen LogP contribution in [0, 0.1) is 0 Å². The maximum absolute atomic E-state index is 5.06. The van der Waals surface area contributed by atoms with Crippen LogP contribution in [-0.2, 0) is 11.2 Å². The third-order valence-corrected chi connectivity index (χ3v) is 2.41. The van der Waals surface area contributed by atoms with Crippen molar-refractivity contribution in [2.75, 3.05) is 13.7 Å². The second-order valence-electron chi connectivity index (χ2n) is 3.42. The summed E-state index contributed by atoms with van der Waals surface area (Å²) in [5, 5.41) is 2.61. The second-order valence-corrected chi connectivity index (χ2v) is 3.42. The highest BCUT2D eigenvalue weighted by Gasteiger charge is 1.95. The molecule has 0 saturated carbocycles. The Morgan fingerprint density at radius 3 is 2.57 bits per heavy atom. The van der Waals surface area contributed by atoms with Gasteiger partial charge in [-0.25, -0.2) is 0 Å². The Hall–Kier alpha value is -1.34. The number of rotatable bonds is 3. The summed E-state index contributed by atoms with van der Waals surface area (Å²) in [6.45, 7) is 0.790. The highest BCUT2D eigenvalue weighted by molar-refractivity contribution is 5.82. The standard InChI is InChI=1S/C13H14O/c1-14-9-8-11-6-7-12-4-2-3-5-13(12)10-11/h2-7,10H,8-9H2,1H3. The van der Waals surface area contributed by atoms with Gasteiger partial charge in [0.1, 0.15) is 0 Å². The average Bonchev–Trinajstić information content (AvgIpc) is 2.26. The smallest absolute Gasteiger partial charge is 0.0502 e. The van der Waals surface area contributed by atoms with Gasteiger partial charge in [-0.3, -0.25) is 0 Å². The fourth-order valence-electron chi connectivity index (χ4n) is 1.61. The van der Waals surface area contributed by atoms with Crippen molar-refractivity contribution >= 4 is 10.8 Å². The van der Waals surface area contributed by atoms with E-state index in [1.165, 1.54) is 16.3 Å². The number of ether oxygens (including phenoxy) is 1. The van der Waals surface area contributed by atoms with Gasteiger partial charge in [-0.15, -0.1) is 0 Å². The first-order valence-electron chi connectivity index (χ1n) is 4.87. The first kappa shape index (κ1) is 9.22. The van der Waals surface area contributed by atoms with Gasteiger partial charge in [0, 0.05) is 7.11 Å². The molecule has 0 heterocycles. The summed E-state index contributed by atoms with van der Waals surface area (Å²) in [4.78, 5) is 0. The molecule has 0 atom stereocenters. The molecule has 0 aliphatic carbocycles. The molecule has 0 spiro atoms. The predicted octanol–water partition coefficient (Wildman–Crippen LogP) is 3.03. The summed E-state index contributed by atoms with van der Waals surface area (Å²) >= 11 is 0. The molecule has 14 heavy (non-hydrogen) atoms. The highest BCUT2D eigenvalue weighted by atomic mass is 16.5. The molecule has 0 fully saturated rings. The van der Waals surface area contributed by atoms with Crippen LogP contribution < -0.4 is 0 Å². The molecular weight excluding hydrogens is 172 g/mol. The van der Waals surface area contributed by atoms with Gasteiger partial charge in [0.25, 0.3) is 0 Å². The maximum Gasteiger partial charge on any atom is 0.0502 e. The monoisotopic (exact) mass is 186 g/mol. The van der Waals surface area contributed by atoms with Crippen molar-refractivity contribution in [2.45, 2.75) is 6.42 Å². The van der Waals surface area contributed by atoms with Crippen molar-refractivity contribution in [3.63, 3.8) is 0 Å². The summed E-state index contributed by atoms with van der Waals surface area (Å²) in [6, 6.07) is 15.0. The van der Waals surface area contributed by atoms with Crippen molar-refractivity contribution < 1.29 is 4.74 Å². The highest BCUT2D eigenvalue weighted by Crippen LogP contribution is 2.15. The quantitative estimate of drug-likeness (QED) is 0.716. The van der Waals surface area contributed by atoms with E-state index in [0.717, 1.165) is 13.0 Å².